The molecule has 0 bridgehead atoms. The van der Waals surface area contributed by atoms with E-state index < -0.39 is 5.91 Å². The molecule has 0 radical (unpaired) electrons. The van der Waals surface area contributed by atoms with Crippen molar-refractivity contribution in [1.29, 1.82) is 0 Å². The van der Waals surface area contributed by atoms with Gasteiger partial charge in [0, 0.05) is 11.7 Å². The molecule has 2 aromatic rings. The number of rotatable bonds is 7. The van der Waals surface area contributed by atoms with Crippen LogP contribution in [0.3, 0.4) is 0 Å². The van der Waals surface area contributed by atoms with E-state index in [2.05, 4.69) is 20.8 Å². The van der Waals surface area contributed by atoms with Gasteiger partial charge in [-0.3, -0.25) is 9.59 Å². The average Bonchev–Trinajstić information content (AvgIpc) is 3.29. The third-order valence-corrected chi connectivity index (χ3v) is 6.18. The van der Waals surface area contributed by atoms with Gasteiger partial charge in [0.25, 0.3) is 0 Å². The summed E-state index contributed by atoms with van der Waals surface area (Å²) in [6.07, 6.45) is 9.03. The van der Waals surface area contributed by atoms with Crippen molar-refractivity contribution >= 4 is 23.6 Å². The van der Waals surface area contributed by atoms with Crippen molar-refractivity contribution in [1.82, 2.24) is 10.2 Å². The summed E-state index contributed by atoms with van der Waals surface area (Å²) in [6.45, 7) is 0. The van der Waals surface area contributed by atoms with E-state index in [1.54, 1.807) is 12.1 Å². The van der Waals surface area contributed by atoms with E-state index in [0.29, 0.717) is 11.7 Å². The van der Waals surface area contributed by atoms with E-state index >= 15 is 0 Å². The lowest BCUT2D eigenvalue weighted by Crippen LogP contribution is -2.28. The maximum absolute atomic E-state index is 12.4. The predicted molar refractivity (Wildman–Crippen MR) is 118 cm³/mol. The molecule has 0 unspecified atom stereocenters. The molecule has 2 aliphatic rings. The lowest BCUT2D eigenvalue weighted by Gasteiger charge is -2.27. The van der Waals surface area contributed by atoms with Crippen LogP contribution in [0.2, 0.25) is 0 Å². The Kier molecular flexibility index (Phi) is 7.24. The van der Waals surface area contributed by atoms with Crippen molar-refractivity contribution in [2.75, 3.05) is 17.7 Å². The van der Waals surface area contributed by atoms with Crippen LogP contribution in [0.5, 0.6) is 5.75 Å². The Balaban J connectivity index is 1.25. The van der Waals surface area contributed by atoms with Gasteiger partial charge >= 0.3 is 23.8 Å². The van der Waals surface area contributed by atoms with E-state index in [0.717, 1.165) is 44.3 Å². The first kappa shape index (κ1) is 22.1. The molecule has 4 rings (SSSR count). The fraction of sp³-hybridized carbons (Fsp3) is 0.565. The molecule has 2 fully saturated rings. The number of amides is 1. The number of anilines is 2. The zero-order valence-electron chi connectivity index (χ0n) is 18.3. The second-order valence-corrected chi connectivity index (χ2v) is 8.48. The SMILES string of the molecule is COC(=O)C1CCC(Oc2ccc(NC(=O)c3nnc(NC4CCCCC4)o3)cc2)CC1. The van der Waals surface area contributed by atoms with Crippen molar-refractivity contribution in [3.8, 4) is 5.75 Å². The van der Waals surface area contributed by atoms with Gasteiger partial charge in [-0.15, -0.1) is 5.10 Å². The lowest BCUT2D eigenvalue weighted by molar-refractivity contribution is -0.147. The maximum atomic E-state index is 12.4. The largest absolute Gasteiger partial charge is 0.490 e. The molecule has 9 nitrogen and oxygen atoms in total. The molecule has 0 saturated heterocycles. The third-order valence-electron chi connectivity index (χ3n) is 6.18. The Morgan fingerprint density at radius 3 is 2.38 bits per heavy atom. The van der Waals surface area contributed by atoms with E-state index in [1.165, 1.54) is 26.4 Å². The lowest BCUT2D eigenvalue weighted by atomic mass is 9.87. The monoisotopic (exact) mass is 442 g/mol. The van der Waals surface area contributed by atoms with Crippen molar-refractivity contribution in [3.63, 3.8) is 0 Å². The summed E-state index contributed by atoms with van der Waals surface area (Å²) in [5.74, 6) is 0.0264. The summed E-state index contributed by atoms with van der Waals surface area (Å²) in [5.41, 5.74) is 0.608. The van der Waals surface area contributed by atoms with Crippen molar-refractivity contribution in [2.24, 2.45) is 5.92 Å². The highest BCUT2D eigenvalue weighted by Gasteiger charge is 2.28. The number of nitrogens with one attached hydrogen (secondary N) is 2. The highest BCUT2D eigenvalue weighted by atomic mass is 16.5. The van der Waals surface area contributed by atoms with Gasteiger partial charge in [0.15, 0.2) is 0 Å². The third kappa shape index (κ3) is 5.77. The smallest absolute Gasteiger partial charge is 0.316 e. The van der Waals surface area contributed by atoms with Gasteiger partial charge in [-0.2, -0.15) is 0 Å². The van der Waals surface area contributed by atoms with Gasteiger partial charge in [-0.1, -0.05) is 24.4 Å². The molecule has 32 heavy (non-hydrogen) atoms. The van der Waals surface area contributed by atoms with E-state index in [4.69, 9.17) is 13.9 Å². The Morgan fingerprint density at radius 1 is 0.969 bits per heavy atom. The summed E-state index contributed by atoms with van der Waals surface area (Å²) in [4.78, 5) is 24.1. The van der Waals surface area contributed by atoms with Crippen LogP contribution in [0.25, 0.3) is 0 Å². The maximum Gasteiger partial charge on any atom is 0.316 e. The van der Waals surface area contributed by atoms with E-state index in [1.807, 2.05) is 12.1 Å². The second kappa shape index (κ2) is 10.5. The highest BCUT2D eigenvalue weighted by Crippen LogP contribution is 2.29. The van der Waals surface area contributed by atoms with Crippen LogP contribution in [0.4, 0.5) is 11.7 Å². The number of carbonyl (C=O) groups is 2. The molecule has 1 aromatic heterocycles. The molecule has 2 saturated carbocycles. The Bertz CT molecular complexity index is 899. The van der Waals surface area contributed by atoms with Crippen molar-refractivity contribution in [3.05, 3.63) is 30.2 Å². The summed E-state index contributed by atoms with van der Waals surface area (Å²) in [7, 11) is 1.43. The first-order valence-corrected chi connectivity index (χ1v) is 11.4. The number of carbonyl (C=O) groups excluding carboxylic acids is 2. The quantitative estimate of drug-likeness (QED) is 0.614. The van der Waals surface area contributed by atoms with Gasteiger partial charge in [0.2, 0.25) is 0 Å². The molecule has 1 aromatic carbocycles. The standard InChI is InChI=1S/C23H30N4O5/c1-30-22(29)15-7-11-18(12-8-15)31-19-13-9-17(10-14-19)24-20(28)21-26-27-23(32-21)25-16-5-3-2-4-6-16/h9-10,13-16,18H,2-8,11-12H2,1H3,(H,24,28)(H,25,27). The molecule has 0 aliphatic heterocycles. The highest BCUT2D eigenvalue weighted by molar-refractivity contribution is 6.00. The fourth-order valence-electron chi connectivity index (χ4n) is 4.37. The molecule has 2 aliphatic carbocycles. The number of hydrogen-bond acceptors (Lipinski definition) is 8. The summed E-state index contributed by atoms with van der Waals surface area (Å²) >= 11 is 0. The Morgan fingerprint density at radius 2 is 1.69 bits per heavy atom. The number of ether oxygens (including phenoxy) is 2. The molecule has 9 heteroatoms. The number of benzene rings is 1. The van der Waals surface area contributed by atoms with Gasteiger partial charge in [-0.25, -0.2) is 0 Å². The summed E-state index contributed by atoms with van der Waals surface area (Å²) in [6, 6.07) is 7.77. The summed E-state index contributed by atoms with van der Waals surface area (Å²) < 4.78 is 16.3. The van der Waals surface area contributed by atoms with Crippen LogP contribution >= 0.6 is 0 Å². The minimum atomic E-state index is -0.455. The zero-order valence-corrected chi connectivity index (χ0v) is 18.3. The Labute approximate surface area is 187 Å². The first-order chi connectivity index (χ1) is 15.6. The fourth-order valence-corrected chi connectivity index (χ4v) is 4.37. The van der Waals surface area contributed by atoms with E-state index in [-0.39, 0.29) is 29.9 Å². The number of hydrogen-bond donors (Lipinski definition) is 2. The van der Waals surface area contributed by atoms with Gasteiger partial charge < -0.3 is 24.5 Å². The van der Waals surface area contributed by atoms with Crippen LogP contribution in [0.1, 0.15) is 68.5 Å². The normalized spacial score (nSPS) is 21.5. The second-order valence-electron chi connectivity index (χ2n) is 8.48. The molecular weight excluding hydrogens is 412 g/mol. The van der Waals surface area contributed by atoms with Crippen molar-refractivity contribution < 1.29 is 23.5 Å². The summed E-state index contributed by atoms with van der Waals surface area (Å²) in [5, 5.41) is 13.8. The number of aromatic nitrogens is 2. The molecule has 1 heterocycles. The van der Waals surface area contributed by atoms with Crippen LogP contribution in [0, 0.1) is 5.92 Å². The topological polar surface area (TPSA) is 116 Å². The minimum absolute atomic E-state index is 0.0273. The van der Waals surface area contributed by atoms with Crippen LogP contribution < -0.4 is 15.4 Å². The van der Waals surface area contributed by atoms with Crippen LogP contribution in [-0.4, -0.2) is 41.3 Å². The van der Waals surface area contributed by atoms with Gasteiger partial charge in [0.05, 0.1) is 19.1 Å². The molecule has 0 spiro atoms. The number of nitrogens with zero attached hydrogens (tertiary/aromatic N) is 2. The zero-order chi connectivity index (χ0) is 22.3. The minimum Gasteiger partial charge on any atom is -0.490 e. The molecule has 172 valence electrons. The van der Waals surface area contributed by atoms with Crippen LogP contribution in [-0.2, 0) is 9.53 Å². The molecule has 2 N–H and O–H groups in total. The average molecular weight is 443 g/mol. The molecule has 0 atom stereocenters. The van der Waals surface area contributed by atoms with E-state index in [9.17, 15) is 9.59 Å². The number of esters is 1. The molecule has 1 amide bonds. The van der Waals surface area contributed by atoms with Crippen molar-refractivity contribution in [2.45, 2.75) is 69.9 Å². The van der Waals surface area contributed by atoms with Gasteiger partial charge in [0.1, 0.15) is 5.75 Å². The Hall–Kier alpha value is -3.10. The predicted octanol–water partition coefficient (Wildman–Crippen LogP) is 4.18. The number of methoxy groups -OCH3 is 1. The molecular formula is C23H30N4O5. The van der Waals surface area contributed by atoms with Crippen LogP contribution in [0.15, 0.2) is 28.7 Å². The van der Waals surface area contributed by atoms with Gasteiger partial charge in [-0.05, 0) is 62.8 Å². The first-order valence-electron chi connectivity index (χ1n) is 11.4.